The van der Waals surface area contributed by atoms with Crippen LogP contribution < -0.4 is 10.3 Å². The van der Waals surface area contributed by atoms with Gasteiger partial charge in [0.05, 0.1) is 12.6 Å². The highest BCUT2D eigenvalue weighted by Gasteiger charge is 2.20. The number of aromatic nitrogens is 3. The fraction of sp³-hybridized carbons (Fsp3) is 0.105. The van der Waals surface area contributed by atoms with Gasteiger partial charge in [0, 0.05) is 10.9 Å². The summed E-state index contributed by atoms with van der Waals surface area (Å²) in [5.74, 6) is 0.705. The van der Waals surface area contributed by atoms with Gasteiger partial charge in [-0.1, -0.05) is 28.9 Å². The number of methoxy groups -OCH3 is 1. The van der Waals surface area contributed by atoms with Gasteiger partial charge in [0.25, 0.3) is 11.4 Å². The topological polar surface area (TPSA) is 101 Å². The quantitative estimate of drug-likeness (QED) is 0.589. The Hall–Kier alpha value is -3.61. The lowest BCUT2D eigenvalue weighted by molar-refractivity contribution is 0.414. The zero-order valence-corrected chi connectivity index (χ0v) is 14.1. The minimum absolute atomic E-state index is 0.0509. The highest BCUT2D eigenvalue weighted by molar-refractivity contribution is 5.90. The van der Waals surface area contributed by atoms with Crippen molar-refractivity contribution in [2.45, 2.75) is 6.92 Å². The molecule has 0 bridgehead atoms. The number of H-pyrrole nitrogens is 1. The van der Waals surface area contributed by atoms with Crippen molar-refractivity contribution in [1.29, 1.82) is 0 Å². The first-order valence-electron chi connectivity index (χ1n) is 7.91. The molecule has 2 aromatic heterocycles. The van der Waals surface area contributed by atoms with Crippen molar-refractivity contribution in [3.63, 3.8) is 0 Å². The van der Waals surface area contributed by atoms with Crippen molar-refractivity contribution in [2.75, 3.05) is 7.11 Å². The smallest absolute Gasteiger partial charge is 0.267 e. The van der Waals surface area contributed by atoms with Crippen LogP contribution in [0.15, 0.2) is 51.8 Å². The van der Waals surface area contributed by atoms with Crippen molar-refractivity contribution < 1.29 is 14.4 Å². The Labute approximate surface area is 147 Å². The number of hydrogen-bond donors (Lipinski definition) is 2. The summed E-state index contributed by atoms with van der Waals surface area (Å²) in [7, 11) is 1.56. The maximum atomic E-state index is 12.4. The van der Waals surface area contributed by atoms with Gasteiger partial charge in [-0.05, 0) is 31.2 Å². The van der Waals surface area contributed by atoms with Crippen LogP contribution in [0.4, 0.5) is 0 Å². The number of aromatic hydroxyl groups is 1. The first-order chi connectivity index (χ1) is 12.6. The SMILES string of the molecule is COc1cccc(-c2noc(-c3c(O)c4cc(C)ccc4[nH]c3=O)n2)c1. The van der Waals surface area contributed by atoms with Gasteiger partial charge < -0.3 is 19.4 Å². The predicted molar refractivity (Wildman–Crippen MR) is 96.3 cm³/mol. The van der Waals surface area contributed by atoms with Crippen LogP contribution in [0.3, 0.4) is 0 Å². The van der Waals surface area contributed by atoms with Crippen LogP contribution in [0, 0.1) is 6.92 Å². The molecule has 2 aromatic carbocycles. The largest absolute Gasteiger partial charge is 0.506 e. The molecule has 4 aromatic rings. The summed E-state index contributed by atoms with van der Waals surface area (Å²) in [4.78, 5) is 19.4. The minimum Gasteiger partial charge on any atom is -0.506 e. The van der Waals surface area contributed by atoms with Crippen molar-refractivity contribution in [1.82, 2.24) is 15.1 Å². The molecule has 0 unspecified atom stereocenters. The molecule has 2 N–H and O–H groups in total. The zero-order chi connectivity index (χ0) is 18.3. The number of fused-ring (bicyclic) bond motifs is 1. The maximum Gasteiger partial charge on any atom is 0.267 e. The lowest BCUT2D eigenvalue weighted by Gasteiger charge is -2.05. The second-order valence-electron chi connectivity index (χ2n) is 5.88. The van der Waals surface area contributed by atoms with Crippen LogP contribution in [0.5, 0.6) is 11.5 Å². The summed E-state index contributed by atoms with van der Waals surface area (Å²) in [5.41, 5.74) is 1.61. The Kier molecular flexibility index (Phi) is 3.69. The van der Waals surface area contributed by atoms with Crippen LogP contribution in [-0.4, -0.2) is 27.3 Å². The van der Waals surface area contributed by atoms with Crippen molar-refractivity contribution in [3.05, 3.63) is 58.4 Å². The summed E-state index contributed by atoms with van der Waals surface area (Å²) in [5, 5.41) is 15.0. The molecule has 2 heterocycles. The second-order valence-corrected chi connectivity index (χ2v) is 5.88. The Morgan fingerprint density at radius 3 is 2.85 bits per heavy atom. The summed E-state index contributed by atoms with van der Waals surface area (Å²) in [6, 6.07) is 12.5. The number of aromatic amines is 1. The number of hydrogen-bond acceptors (Lipinski definition) is 6. The van der Waals surface area contributed by atoms with Gasteiger partial charge in [-0.15, -0.1) is 0 Å². The lowest BCUT2D eigenvalue weighted by atomic mass is 10.1. The maximum absolute atomic E-state index is 12.4. The molecule has 7 nitrogen and oxygen atoms in total. The highest BCUT2D eigenvalue weighted by Crippen LogP contribution is 2.32. The lowest BCUT2D eigenvalue weighted by Crippen LogP contribution is -2.09. The van der Waals surface area contributed by atoms with Crippen LogP contribution in [-0.2, 0) is 0 Å². The second kappa shape index (κ2) is 6.03. The fourth-order valence-electron chi connectivity index (χ4n) is 2.79. The number of aryl methyl sites for hydroxylation is 1. The molecule has 4 rings (SSSR count). The molecular formula is C19H15N3O4. The third-order valence-electron chi connectivity index (χ3n) is 4.11. The zero-order valence-electron chi connectivity index (χ0n) is 14.1. The molecule has 26 heavy (non-hydrogen) atoms. The van der Waals surface area contributed by atoms with E-state index in [9.17, 15) is 9.90 Å². The molecule has 0 saturated carbocycles. The molecule has 7 heteroatoms. The molecular weight excluding hydrogens is 334 g/mol. The van der Waals surface area contributed by atoms with Gasteiger partial charge in [0.1, 0.15) is 17.1 Å². The number of nitrogens with zero attached hydrogens (tertiary/aromatic N) is 2. The molecule has 0 saturated heterocycles. The van der Waals surface area contributed by atoms with Crippen LogP contribution >= 0.6 is 0 Å². The van der Waals surface area contributed by atoms with E-state index in [0.29, 0.717) is 28.0 Å². The Bertz CT molecular complexity index is 1180. The molecule has 130 valence electrons. The first kappa shape index (κ1) is 15.9. The van der Waals surface area contributed by atoms with Crippen LogP contribution in [0.2, 0.25) is 0 Å². The van der Waals surface area contributed by atoms with E-state index in [-0.39, 0.29) is 17.2 Å². The number of pyridine rings is 1. The molecule has 0 amide bonds. The molecule has 0 fully saturated rings. The predicted octanol–water partition coefficient (Wildman–Crippen LogP) is 3.27. The van der Waals surface area contributed by atoms with Crippen molar-refractivity contribution in [2.24, 2.45) is 0 Å². The molecule has 0 aliphatic heterocycles. The molecule has 0 aliphatic carbocycles. The van der Waals surface area contributed by atoms with E-state index in [1.807, 2.05) is 13.0 Å². The van der Waals surface area contributed by atoms with E-state index in [2.05, 4.69) is 15.1 Å². The minimum atomic E-state index is -0.500. The molecule has 0 aliphatic rings. The average Bonchev–Trinajstić information content (AvgIpc) is 3.12. The van der Waals surface area contributed by atoms with Gasteiger partial charge >= 0.3 is 0 Å². The van der Waals surface area contributed by atoms with Gasteiger partial charge in [-0.3, -0.25) is 4.79 Å². The standard InChI is InChI=1S/C19H15N3O4/c1-10-6-7-14-13(8-10)16(23)15(18(24)20-14)19-21-17(22-26-19)11-4-3-5-12(9-11)25-2/h3-9H,1-2H3,(H2,20,23,24). The summed E-state index contributed by atoms with van der Waals surface area (Å²) >= 11 is 0. The fourth-order valence-corrected chi connectivity index (χ4v) is 2.79. The summed E-state index contributed by atoms with van der Waals surface area (Å²) < 4.78 is 10.4. The van der Waals surface area contributed by atoms with Crippen LogP contribution in [0.25, 0.3) is 33.7 Å². The van der Waals surface area contributed by atoms with Crippen molar-refractivity contribution >= 4 is 10.9 Å². The third-order valence-corrected chi connectivity index (χ3v) is 4.11. The Morgan fingerprint density at radius 1 is 1.19 bits per heavy atom. The van der Waals surface area contributed by atoms with Gasteiger partial charge in [0.15, 0.2) is 0 Å². The summed E-state index contributed by atoms with van der Waals surface area (Å²) in [6.45, 7) is 1.90. The van der Waals surface area contributed by atoms with E-state index < -0.39 is 5.56 Å². The number of rotatable bonds is 3. The monoisotopic (exact) mass is 349 g/mol. The van der Waals surface area contributed by atoms with Gasteiger partial charge in [0.2, 0.25) is 5.82 Å². The molecule has 0 radical (unpaired) electrons. The van der Waals surface area contributed by atoms with Gasteiger partial charge in [-0.25, -0.2) is 0 Å². The molecule has 0 atom stereocenters. The number of nitrogens with one attached hydrogen (secondary N) is 1. The van der Waals surface area contributed by atoms with Crippen LogP contribution in [0.1, 0.15) is 5.56 Å². The van der Waals surface area contributed by atoms with E-state index in [0.717, 1.165) is 5.56 Å². The van der Waals surface area contributed by atoms with E-state index in [1.54, 1.807) is 43.5 Å². The normalized spacial score (nSPS) is 11.0. The van der Waals surface area contributed by atoms with E-state index in [1.165, 1.54) is 0 Å². The van der Waals surface area contributed by atoms with Gasteiger partial charge in [-0.2, -0.15) is 4.98 Å². The van der Waals surface area contributed by atoms with E-state index >= 15 is 0 Å². The third kappa shape index (κ3) is 2.59. The Balaban J connectivity index is 1.86. The first-order valence-corrected chi connectivity index (χ1v) is 7.91. The average molecular weight is 349 g/mol. The Morgan fingerprint density at radius 2 is 2.04 bits per heavy atom. The van der Waals surface area contributed by atoms with Crippen molar-refractivity contribution in [3.8, 4) is 34.3 Å². The number of benzene rings is 2. The molecule has 0 spiro atoms. The highest BCUT2D eigenvalue weighted by atomic mass is 16.5. The summed E-state index contributed by atoms with van der Waals surface area (Å²) in [6.07, 6.45) is 0. The van der Waals surface area contributed by atoms with E-state index in [4.69, 9.17) is 9.26 Å². The number of ether oxygens (including phenoxy) is 1.